The Labute approximate surface area is 164 Å². The van der Waals surface area contributed by atoms with E-state index in [0.717, 1.165) is 30.2 Å². The van der Waals surface area contributed by atoms with Crippen LogP contribution in [-0.4, -0.2) is 49.2 Å². The fourth-order valence-corrected chi connectivity index (χ4v) is 4.14. The molecule has 1 atom stereocenters. The molecule has 0 saturated heterocycles. The lowest BCUT2D eigenvalue weighted by atomic mass is 10.1. The number of carbonyl (C=O) groups is 1. The Morgan fingerprint density at radius 3 is 2.74 bits per heavy atom. The summed E-state index contributed by atoms with van der Waals surface area (Å²) in [7, 11) is 0. The number of para-hydroxylation sites is 1. The lowest BCUT2D eigenvalue weighted by Crippen LogP contribution is -2.33. The van der Waals surface area contributed by atoms with E-state index in [4.69, 9.17) is 9.47 Å². The van der Waals surface area contributed by atoms with Gasteiger partial charge in [-0.15, -0.1) is 11.8 Å². The summed E-state index contributed by atoms with van der Waals surface area (Å²) in [4.78, 5) is 14.9. The molecule has 1 aliphatic rings. The van der Waals surface area contributed by atoms with Crippen molar-refractivity contribution in [2.75, 3.05) is 37.0 Å². The summed E-state index contributed by atoms with van der Waals surface area (Å²) in [5.41, 5.74) is 2.20. The standard InChI is InChI=1S/C21H25NO4S/c1-2-25-19(21(23)24)15-16-7-9-17(10-8-16)26-13-11-22-12-14-27-20-6-4-3-5-18(20)22/h3-10,19H,2,11-15H2,1H3,(H,23,24)/t19-/m1/s1. The Hall–Kier alpha value is -2.18. The molecular weight excluding hydrogens is 362 g/mol. The summed E-state index contributed by atoms with van der Waals surface area (Å²) in [6.45, 7) is 4.65. The molecule has 0 bridgehead atoms. The van der Waals surface area contributed by atoms with Crippen LogP contribution >= 0.6 is 11.8 Å². The molecule has 0 amide bonds. The smallest absolute Gasteiger partial charge is 0.333 e. The molecule has 0 fully saturated rings. The maximum Gasteiger partial charge on any atom is 0.333 e. The number of fused-ring (bicyclic) bond motifs is 1. The molecule has 27 heavy (non-hydrogen) atoms. The number of ether oxygens (including phenoxy) is 2. The van der Waals surface area contributed by atoms with E-state index in [2.05, 4.69) is 29.2 Å². The van der Waals surface area contributed by atoms with Crippen LogP contribution in [0.2, 0.25) is 0 Å². The highest BCUT2D eigenvalue weighted by molar-refractivity contribution is 7.99. The second-order valence-electron chi connectivity index (χ2n) is 6.28. The minimum Gasteiger partial charge on any atom is -0.492 e. The van der Waals surface area contributed by atoms with E-state index in [1.54, 1.807) is 6.92 Å². The SMILES string of the molecule is CCO[C@H](Cc1ccc(OCCN2CCSc3ccccc32)cc1)C(=O)O. The summed E-state index contributed by atoms with van der Waals surface area (Å²) >= 11 is 1.90. The number of carboxylic acids is 1. The van der Waals surface area contributed by atoms with Crippen molar-refractivity contribution in [3.05, 3.63) is 54.1 Å². The number of aliphatic carboxylic acids is 1. The molecule has 0 aromatic heterocycles. The van der Waals surface area contributed by atoms with E-state index < -0.39 is 12.1 Å². The second kappa shape index (κ2) is 9.67. The monoisotopic (exact) mass is 387 g/mol. The molecule has 5 nitrogen and oxygen atoms in total. The van der Waals surface area contributed by atoms with Crippen molar-refractivity contribution in [1.82, 2.24) is 0 Å². The quantitative estimate of drug-likeness (QED) is 0.708. The van der Waals surface area contributed by atoms with Gasteiger partial charge in [-0.2, -0.15) is 0 Å². The molecule has 1 aliphatic heterocycles. The topological polar surface area (TPSA) is 59.0 Å². The Kier molecular flexibility index (Phi) is 7.01. The normalized spacial score (nSPS) is 14.5. The van der Waals surface area contributed by atoms with E-state index in [-0.39, 0.29) is 0 Å². The van der Waals surface area contributed by atoms with Crippen molar-refractivity contribution < 1.29 is 19.4 Å². The Balaban J connectivity index is 1.50. The number of nitrogens with zero attached hydrogens (tertiary/aromatic N) is 1. The molecule has 0 unspecified atom stereocenters. The van der Waals surface area contributed by atoms with Crippen LogP contribution in [0, 0.1) is 0 Å². The summed E-state index contributed by atoms with van der Waals surface area (Å²) < 4.78 is 11.1. The van der Waals surface area contributed by atoms with Crippen LogP contribution in [0.5, 0.6) is 5.75 Å². The van der Waals surface area contributed by atoms with Gasteiger partial charge >= 0.3 is 5.97 Å². The predicted octanol–water partition coefficient (Wildman–Crippen LogP) is 3.71. The Morgan fingerprint density at radius 2 is 2.00 bits per heavy atom. The second-order valence-corrected chi connectivity index (χ2v) is 7.42. The lowest BCUT2D eigenvalue weighted by molar-refractivity contribution is -0.149. The van der Waals surface area contributed by atoms with E-state index in [9.17, 15) is 9.90 Å². The molecule has 0 saturated carbocycles. The molecular formula is C21H25NO4S. The zero-order chi connectivity index (χ0) is 19.1. The van der Waals surface area contributed by atoms with Crippen LogP contribution < -0.4 is 9.64 Å². The van der Waals surface area contributed by atoms with E-state index in [1.165, 1.54) is 10.6 Å². The van der Waals surface area contributed by atoms with Gasteiger partial charge in [0.25, 0.3) is 0 Å². The molecule has 1 heterocycles. The summed E-state index contributed by atoms with van der Waals surface area (Å²) in [6.07, 6.45) is -0.454. The van der Waals surface area contributed by atoms with Crippen LogP contribution in [-0.2, 0) is 16.0 Å². The summed E-state index contributed by atoms with van der Waals surface area (Å²) in [6, 6.07) is 16.1. The van der Waals surface area contributed by atoms with Crippen LogP contribution in [0.1, 0.15) is 12.5 Å². The lowest BCUT2D eigenvalue weighted by Gasteiger charge is -2.30. The molecule has 0 aliphatic carbocycles. The highest BCUT2D eigenvalue weighted by atomic mass is 32.2. The molecule has 1 N–H and O–H groups in total. The fraction of sp³-hybridized carbons (Fsp3) is 0.381. The molecule has 6 heteroatoms. The third-order valence-corrected chi connectivity index (χ3v) is 5.49. The van der Waals surface area contributed by atoms with Crippen LogP contribution in [0.25, 0.3) is 0 Å². The van der Waals surface area contributed by atoms with Crippen molar-refractivity contribution in [3.63, 3.8) is 0 Å². The first-order valence-electron chi connectivity index (χ1n) is 9.20. The Bertz CT molecular complexity index is 750. The van der Waals surface area contributed by atoms with Gasteiger partial charge in [0.1, 0.15) is 12.4 Å². The molecule has 2 aromatic rings. The molecule has 0 radical (unpaired) electrons. The van der Waals surface area contributed by atoms with Gasteiger partial charge in [0.05, 0.1) is 12.2 Å². The highest BCUT2D eigenvalue weighted by Crippen LogP contribution is 2.33. The first-order valence-corrected chi connectivity index (χ1v) is 10.2. The van der Waals surface area contributed by atoms with Gasteiger partial charge in [-0.25, -0.2) is 4.79 Å². The first kappa shape index (κ1) is 19.6. The Morgan fingerprint density at radius 1 is 1.22 bits per heavy atom. The number of benzene rings is 2. The average Bonchev–Trinajstić information content (AvgIpc) is 2.69. The zero-order valence-electron chi connectivity index (χ0n) is 15.5. The first-order chi connectivity index (χ1) is 13.2. The number of carboxylic acid groups (broad SMARTS) is 1. The molecule has 144 valence electrons. The van der Waals surface area contributed by atoms with E-state index in [1.807, 2.05) is 36.0 Å². The van der Waals surface area contributed by atoms with Gasteiger partial charge in [-0.3, -0.25) is 0 Å². The van der Waals surface area contributed by atoms with Crippen molar-refractivity contribution in [2.45, 2.75) is 24.3 Å². The number of anilines is 1. The van der Waals surface area contributed by atoms with Crippen LogP contribution in [0.4, 0.5) is 5.69 Å². The van der Waals surface area contributed by atoms with Gasteiger partial charge in [-0.05, 0) is 36.8 Å². The van der Waals surface area contributed by atoms with Gasteiger partial charge in [0, 0.05) is 30.2 Å². The zero-order valence-corrected chi connectivity index (χ0v) is 16.3. The van der Waals surface area contributed by atoms with Crippen molar-refractivity contribution in [1.29, 1.82) is 0 Å². The van der Waals surface area contributed by atoms with Gasteiger partial charge in [-0.1, -0.05) is 24.3 Å². The number of rotatable bonds is 9. The average molecular weight is 388 g/mol. The summed E-state index contributed by atoms with van der Waals surface area (Å²) in [5, 5.41) is 9.17. The third-order valence-electron chi connectivity index (χ3n) is 4.44. The maximum absolute atomic E-state index is 11.2. The minimum absolute atomic E-state index is 0.353. The third kappa shape index (κ3) is 5.40. The van der Waals surface area contributed by atoms with E-state index >= 15 is 0 Å². The predicted molar refractivity (Wildman–Crippen MR) is 108 cm³/mol. The van der Waals surface area contributed by atoms with Crippen molar-refractivity contribution >= 4 is 23.4 Å². The van der Waals surface area contributed by atoms with Gasteiger partial charge in [0.2, 0.25) is 0 Å². The van der Waals surface area contributed by atoms with Crippen LogP contribution in [0.3, 0.4) is 0 Å². The largest absolute Gasteiger partial charge is 0.492 e. The number of hydrogen-bond acceptors (Lipinski definition) is 5. The molecule has 2 aromatic carbocycles. The maximum atomic E-state index is 11.2. The minimum atomic E-state index is -0.933. The number of hydrogen-bond donors (Lipinski definition) is 1. The van der Waals surface area contributed by atoms with Gasteiger partial charge in [0.15, 0.2) is 6.10 Å². The van der Waals surface area contributed by atoms with Crippen LogP contribution in [0.15, 0.2) is 53.4 Å². The van der Waals surface area contributed by atoms with Crippen molar-refractivity contribution in [2.24, 2.45) is 0 Å². The van der Waals surface area contributed by atoms with Gasteiger partial charge < -0.3 is 19.5 Å². The fourth-order valence-electron chi connectivity index (χ4n) is 3.09. The summed E-state index contributed by atoms with van der Waals surface area (Å²) in [5.74, 6) is 0.954. The molecule has 0 spiro atoms. The van der Waals surface area contributed by atoms with Crippen molar-refractivity contribution in [3.8, 4) is 5.75 Å². The molecule has 3 rings (SSSR count). The number of thioether (sulfide) groups is 1. The van der Waals surface area contributed by atoms with E-state index in [0.29, 0.717) is 19.6 Å². The highest BCUT2D eigenvalue weighted by Gasteiger charge is 2.18.